The summed E-state index contributed by atoms with van der Waals surface area (Å²) in [6.45, 7) is 4.87. The Balaban J connectivity index is 1.35. The average Bonchev–Trinajstić information content (AvgIpc) is 2.70. The van der Waals surface area contributed by atoms with Crippen molar-refractivity contribution in [3.63, 3.8) is 0 Å². The molecule has 1 saturated heterocycles. The molecule has 7 heteroatoms. The summed E-state index contributed by atoms with van der Waals surface area (Å²) in [5.41, 5.74) is 1.68. The minimum Gasteiger partial charge on any atom is -0.340 e. The third-order valence-electron chi connectivity index (χ3n) is 4.81. The number of thioether (sulfide) groups is 1. The van der Waals surface area contributed by atoms with Gasteiger partial charge in [-0.05, 0) is 37.3 Å². The third-order valence-corrected chi connectivity index (χ3v) is 5.82. The highest BCUT2D eigenvalue weighted by Crippen LogP contribution is 2.19. The molecule has 0 saturated carbocycles. The van der Waals surface area contributed by atoms with Gasteiger partial charge >= 0.3 is 0 Å². The molecule has 1 N–H and O–H groups in total. The van der Waals surface area contributed by atoms with Crippen molar-refractivity contribution in [1.82, 2.24) is 9.80 Å². The van der Waals surface area contributed by atoms with E-state index >= 15 is 0 Å². The lowest BCUT2D eigenvalue weighted by Gasteiger charge is -2.34. The molecule has 1 aliphatic rings. The highest BCUT2D eigenvalue weighted by Gasteiger charge is 2.22. The fourth-order valence-corrected chi connectivity index (χ4v) is 4.01. The maximum atomic E-state index is 13.2. The molecular weight excluding hydrogens is 389 g/mol. The minimum atomic E-state index is -0.379. The first-order chi connectivity index (χ1) is 14.0. The number of nitrogens with one attached hydrogen (secondary N) is 1. The van der Waals surface area contributed by atoms with Crippen molar-refractivity contribution in [3.05, 3.63) is 59.9 Å². The Morgan fingerprint density at radius 1 is 1.07 bits per heavy atom. The Labute approximate surface area is 175 Å². The van der Waals surface area contributed by atoms with Gasteiger partial charge < -0.3 is 10.2 Å². The predicted octanol–water partition coefficient (Wildman–Crippen LogP) is 3.40. The lowest BCUT2D eigenvalue weighted by molar-refractivity contribution is -0.132. The van der Waals surface area contributed by atoms with Crippen molar-refractivity contribution in [1.29, 1.82) is 0 Å². The van der Waals surface area contributed by atoms with E-state index in [9.17, 15) is 14.0 Å². The van der Waals surface area contributed by atoms with Gasteiger partial charge in [0.15, 0.2) is 0 Å². The third kappa shape index (κ3) is 6.87. The molecule has 0 radical (unpaired) electrons. The van der Waals surface area contributed by atoms with Crippen LogP contribution in [0.25, 0.3) is 0 Å². The second-order valence-corrected chi connectivity index (χ2v) is 8.30. The SMILES string of the molecule is Cc1ccc(SCCC(=O)N2CCN(CC(=O)Nc3cccc(F)c3)CC2)cc1. The van der Waals surface area contributed by atoms with Crippen molar-refractivity contribution in [2.45, 2.75) is 18.2 Å². The van der Waals surface area contributed by atoms with Gasteiger partial charge in [0.2, 0.25) is 11.8 Å². The largest absolute Gasteiger partial charge is 0.340 e. The van der Waals surface area contributed by atoms with Crippen LogP contribution in [0.1, 0.15) is 12.0 Å². The highest BCUT2D eigenvalue weighted by atomic mass is 32.2. The van der Waals surface area contributed by atoms with E-state index < -0.39 is 0 Å². The molecule has 3 rings (SSSR count). The van der Waals surface area contributed by atoms with Crippen LogP contribution in [0.4, 0.5) is 10.1 Å². The van der Waals surface area contributed by atoms with E-state index in [1.807, 2.05) is 9.80 Å². The van der Waals surface area contributed by atoms with Gasteiger partial charge in [-0.2, -0.15) is 0 Å². The molecule has 1 heterocycles. The molecule has 0 aliphatic carbocycles. The molecule has 5 nitrogen and oxygen atoms in total. The van der Waals surface area contributed by atoms with Crippen LogP contribution in [-0.2, 0) is 9.59 Å². The van der Waals surface area contributed by atoms with Crippen LogP contribution in [0.5, 0.6) is 0 Å². The summed E-state index contributed by atoms with van der Waals surface area (Å²) in [7, 11) is 0. The van der Waals surface area contributed by atoms with Gasteiger partial charge in [-0.1, -0.05) is 23.8 Å². The quantitative estimate of drug-likeness (QED) is 0.705. The second kappa shape index (κ2) is 10.4. The number of hydrogen-bond donors (Lipinski definition) is 1. The Bertz CT molecular complexity index is 836. The standard InChI is InChI=1S/C22H26FN3O2S/c1-17-5-7-20(8-6-17)29-14-9-22(28)26-12-10-25(11-13-26)16-21(27)24-19-4-2-3-18(23)15-19/h2-8,15H,9-14,16H2,1H3,(H,24,27). The topological polar surface area (TPSA) is 52.7 Å². The van der Waals surface area contributed by atoms with Crippen molar-refractivity contribution in [2.75, 3.05) is 43.8 Å². The molecule has 2 amide bonds. The Hall–Kier alpha value is -2.38. The molecule has 0 atom stereocenters. The molecule has 29 heavy (non-hydrogen) atoms. The minimum absolute atomic E-state index is 0.161. The summed E-state index contributed by atoms with van der Waals surface area (Å²) in [5, 5.41) is 2.71. The van der Waals surface area contributed by atoms with E-state index in [4.69, 9.17) is 0 Å². The summed E-state index contributed by atoms with van der Waals surface area (Å²) in [5.74, 6) is 0.367. The molecule has 2 aromatic carbocycles. The number of halogens is 1. The smallest absolute Gasteiger partial charge is 0.238 e. The highest BCUT2D eigenvalue weighted by molar-refractivity contribution is 7.99. The first-order valence-corrected chi connectivity index (χ1v) is 10.7. The summed E-state index contributed by atoms with van der Waals surface area (Å²) in [6.07, 6.45) is 0.513. The van der Waals surface area contributed by atoms with Crippen LogP contribution in [0.15, 0.2) is 53.4 Å². The van der Waals surface area contributed by atoms with Crippen LogP contribution in [0.3, 0.4) is 0 Å². The van der Waals surface area contributed by atoms with Gasteiger partial charge in [-0.15, -0.1) is 11.8 Å². The summed E-state index contributed by atoms with van der Waals surface area (Å²) < 4.78 is 13.2. The molecule has 0 aromatic heterocycles. The Morgan fingerprint density at radius 2 is 1.79 bits per heavy atom. The maximum Gasteiger partial charge on any atom is 0.238 e. The Kier molecular flexibility index (Phi) is 7.66. The van der Waals surface area contributed by atoms with Crippen molar-refractivity contribution < 1.29 is 14.0 Å². The zero-order valence-electron chi connectivity index (χ0n) is 16.6. The van der Waals surface area contributed by atoms with Crippen molar-refractivity contribution in [2.24, 2.45) is 0 Å². The van der Waals surface area contributed by atoms with Crippen LogP contribution < -0.4 is 5.32 Å². The van der Waals surface area contributed by atoms with Crippen LogP contribution in [-0.4, -0.2) is 60.1 Å². The number of hydrogen-bond acceptors (Lipinski definition) is 4. The van der Waals surface area contributed by atoms with E-state index in [0.717, 1.165) is 5.75 Å². The molecule has 1 fully saturated rings. The van der Waals surface area contributed by atoms with Crippen LogP contribution in [0.2, 0.25) is 0 Å². The van der Waals surface area contributed by atoms with Crippen LogP contribution >= 0.6 is 11.8 Å². The fraction of sp³-hybridized carbons (Fsp3) is 0.364. The van der Waals surface area contributed by atoms with E-state index in [2.05, 4.69) is 36.5 Å². The number of piperazine rings is 1. The summed E-state index contributed by atoms with van der Waals surface area (Å²) >= 11 is 1.69. The average molecular weight is 416 g/mol. The number of amides is 2. The molecule has 2 aromatic rings. The van der Waals surface area contributed by atoms with Crippen LogP contribution in [0, 0.1) is 12.7 Å². The van der Waals surface area contributed by atoms with Crippen molar-refractivity contribution in [3.8, 4) is 0 Å². The molecule has 154 valence electrons. The number of carbonyl (C=O) groups is 2. The zero-order valence-corrected chi connectivity index (χ0v) is 17.4. The molecule has 0 unspecified atom stereocenters. The number of aryl methyl sites for hydroxylation is 1. The number of anilines is 1. The van der Waals surface area contributed by atoms with Crippen molar-refractivity contribution >= 4 is 29.3 Å². The maximum absolute atomic E-state index is 13.2. The van der Waals surface area contributed by atoms with Gasteiger partial charge in [0.25, 0.3) is 0 Å². The van der Waals surface area contributed by atoms with Gasteiger partial charge in [-0.3, -0.25) is 14.5 Å². The first kappa shape index (κ1) is 21.3. The van der Waals surface area contributed by atoms with Gasteiger partial charge in [0, 0.05) is 48.9 Å². The number of nitrogens with zero attached hydrogens (tertiary/aromatic N) is 2. The summed E-state index contributed by atoms with van der Waals surface area (Å²) in [6, 6.07) is 14.2. The van der Waals surface area contributed by atoms with Gasteiger partial charge in [0.1, 0.15) is 5.82 Å². The molecule has 0 bridgehead atoms. The number of benzene rings is 2. The fourth-order valence-electron chi connectivity index (χ4n) is 3.17. The lowest BCUT2D eigenvalue weighted by Crippen LogP contribution is -2.50. The molecule has 1 aliphatic heterocycles. The van der Waals surface area contributed by atoms with Gasteiger partial charge in [0.05, 0.1) is 6.54 Å². The summed E-state index contributed by atoms with van der Waals surface area (Å²) in [4.78, 5) is 29.6. The van der Waals surface area contributed by atoms with E-state index in [1.165, 1.54) is 22.6 Å². The lowest BCUT2D eigenvalue weighted by atomic mass is 10.2. The molecular formula is C22H26FN3O2S. The predicted molar refractivity (Wildman–Crippen MR) is 115 cm³/mol. The second-order valence-electron chi connectivity index (χ2n) is 7.13. The Morgan fingerprint density at radius 3 is 2.48 bits per heavy atom. The zero-order chi connectivity index (χ0) is 20.6. The number of rotatable bonds is 7. The molecule has 0 spiro atoms. The van der Waals surface area contributed by atoms with Gasteiger partial charge in [-0.25, -0.2) is 4.39 Å². The normalized spacial score (nSPS) is 14.6. The first-order valence-electron chi connectivity index (χ1n) is 9.74. The van der Waals surface area contributed by atoms with E-state index in [-0.39, 0.29) is 24.2 Å². The number of carbonyl (C=O) groups excluding carboxylic acids is 2. The van der Waals surface area contributed by atoms with E-state index in [0.29, 0.717) is 38.3 Å². The monoisotopic (exact) mass is 415 g/mol. The van der Waals surface area contributed by atoms with E-state index in [1.54, 1.807) is 23.9 Å².